The van der Waals surface area contributed by atoms with Crippen molar-refractivity contribution in [2.75, 3.05) is 13.7 Å². The van der Waals surface area contributed by atoms with Crippen LogP contribution in [0.3, 0.4) is 0 Å². The summed E-state index contributed by atoms with van der Waals surface area (Å²) in [6.07, 6.45) is 3.45. The lowest BCUT2D eigenvalue weighted by Crippen LogP contribution is -2.40. The molecule has 0 aromatic heterocycles. The molecule has 5 heteroatoms. The highest BCUT2D eigenvalue weighted by Gasteiger charge is 2.12. The van der Waals surface area contributed by atoms with Gasteiger partial charge in [-0.3, -0.25) is 4.79 Å². The summed E-state index contributed by atoms with van der Waals surface area (Å²) in [5.41, 5.74) is 6.57. The van der Waals surface area contributed by atoms with Gasteiger partial charge < -0.3 is 15.8 Å². The van der Waals surface area contributed by atoms with Crippen LogP contribution in [0.4, 0.5) is 0 Å². The molecule has 1 unspecified atom stereocenters. The van der Waals surface area contributed by atoms with Crippen molar-refractivity contribution in [3.05, 3.63) is 29.8 Å². The molecule has 1 amide bonds. The molecule has 114 valence electrons. The first-order valence-corrected chi connectivity index (χ1v) is 6.82. The molecule has 20 heavy (non-hydrogen) atoms. The smallest absolute Gasteiger partial charge is 0.224 e. The number of benzene rings is 1. The second-order valence-electron chi connectivity index (χ2n) is 4.63. The van der Waals surface area contributed by atoms with Crippen molar-refractivity contribution in [2.45, 2.75) is 38.6 Å². The number of carbonyl (C=O) groups excluding carboxylic acids is 1. The number of ether oxygens (including phenoxy) is 1. The van der Waals surface area contributed by atoms with Crippen molar-refractivity contribution in [3.8, 4) is 5.75 Å². The first kappa shape index (κ1) is 18.7. The fraction of sp³-hybridized carbons (Fsp3) is 0.533. The molecule has 4 nitrogen and oxygen atoms in total. The van der Waals surface area contributed by atoms with Crippen LogP contribution in [0.5, 0.6) is 5.75 Å². The van der Waals surface area contributed by atoms with Crippen LogP contribution in [0.15, 0.2) is 24.3 Å². The average molecular weight is 301 g/mol. The Hall–Kier alpha value is -1.26. The van der Waals surface area contributed by atoms with Crippen molar-refractivity contribution in [1.29, 1.82) is 0 Å². The largest absolute Gasteiger partial charge is 0.496 e. The SMILES string of the molecule is CCCCC(CN)NC(=O)Cc1ccccc1OC.Cl. The number of rotatable bonds is 8. The van der Waals surface area contributed by atoms with E-state index in [0.717, 1.165) is 30.6 Å². The van der Waals surface area contributed by atoms with Crippen molar-refractivity contribution in [3.63, 3.8) is 0 Å². The van der Waals surface area contributed by atoms with Gasteiger partial charge in [-0.05, 0) is 12.5 Å². The summed E-state index contributed by atoms with van der Waals surface area (Å²) in [5.74, 6) is 0.742. The molecule has 1 aromatic rings. The summed E-state index contributed by atoms with van der Waals surface area (Å²) in [6.45, 7) is 2.61. The lowest BCUT2D eigenvalue weighted by molar-refractivity contribution is -0.121. The minimum Gasteiger partial charge on any atom is -0.496 e. The maximum absolute atomic E-state index is 12.0. The van der Waals surface area contributed by atoms with Gasteiger partial charge >= 0.3 is 0 Å². The normalized spacial score (nSPS) is 11.3. The van der Waals surface area contributed by atoms with Crippen LogP contribution in [0, 0.1) is 0 Å². The number of halogens is 1. The zero-order valence-corrected chi connectivity index (χ0v) is 13.0. The third-order valence-corrected chi connectivity index (χ3v) is 3.10. The van der Waals surface area contributed by atoms with Crippen molar-refractivity contribution < 1.29 is 9.53 Å². The zero-order valence-electron chi connectivity index (χ0n) is 12.2. The Morgan fingerprint density at radius 1 is 1.40 bits per heavy atom. The van der Waals surface area contributed by atoms with Crippen LogP contribution in [0.25, 0.3) is 0 Å². The van der Waals surface area contributed by atoms with E-state index >= 15 is 0 Å². The van der Waals surface area contributed by atoms with E-state index in [0.29, 0.717) is 13.0 Å². The van der Waals surface area contributed by atoms with E-state index in [1.54, 1.807) is 7.11 Å². The minimum atomic E-state index is -0.00365. The van der Waals surface area contributed by atoms with Crippen LogP contribution < -0.4 is 15.8 Å². The Labute approximate surface area is 127 Å². The topological polar surface area (TPSA) is 64.3 Å². The molecular weight excluding hydrogens is 276 g/mol. The Bertz CT molecular complexity index is 399. The monoisotopic (exact) mass is 300 g/mol. The molecule has 1 aromatic carbocycles. The number of hydrogen-bond donors (Lipinski definition) is 2. The van der Waals surface area contributed by atoms with Crippen LogP contribution in [-0.2, 0) is 11.2 Å². The standard InChI is InChI=1S/C15H24N2O2.ClH/c1-3-4-8-13(11-16)17-15(18)10-12-7-5-6-9-14(12)19-2;/h5-7,9,13H,3-4,8,10-11,16H2,1-2H3,(H,17,18);1H. The zero-order chi connectivity index (χ0) is 14.1. The summed E-state index contributed by atoms with van der Waals surface area (Å²) in [4.78, 5) is 12.0. The fourth-order valence-electron chi connectivity index (χ4n) is 2.00. The summed E-state index contributed by atoms with van der Waals surface area (Å²) in [6, 6.07) is 7.64. The lowest BCUT2D eigenvalue weighted by Gasteiger charge is -2.17. The molecule has 0 fully saturated rings. The Morgan fingerprint density at radius 2 is 2.10 bits per heavy atom. The molecule has 0 saturated carbocycles. The molecular formula is C15H25ClN2O2. The fourth-order valence-corrected chi connectivity index (χ4v) is 2.00. The van der Waals surface area contributed by atoms with E-state index in [1.807, 2.05) is 24.3 Å². The Kier molecular flexibility index (Phi) is 9.86. The Balaban J connectivity index is 0.00000361. The molecule has 3 N–H and O–H groups in total. The first-order chi connectivity index (χ1) is 9.21. The highest BCUT2D eigenvalue weighted by atomic mass is 35.5. The summed E-state index contributed by atoms with van der Waals surface area (Å²) < 4.78 is 5.24. The second kappa shape index (κ2) is 10.5. The molecule has 0 radical (unpaired) electrons. The molecule has 1 atom stereocenters. The van der Waals surface area contributed by atoms with Crippen molar-refractivity contribution >= 4 is 18.3 Å². The molecule has 0 aliphatic carbocycles. The van der Waals surface area contributed by atoms with Gasteiger partial charge in [0.05, 0.1) is 13.5 Å². The number of nitrogens with two attached hydrogens (primary N) is 1. The third-order valence-electron chi connectivity index (χ3n) is 3.10. The van der Waals surface area contributed by atoms with E-state index in [9.17, 15) is 4.79 Å². The molecule has 0 spiro atoms. The molecule has 0 bridgehead atoms. The molecule has 0 saturated heterocycles. The highest BCUT2D eigenvalue weighted by molar-refractivity contribution is 5.85. The van der Waals surface area contributed by atoms with E-state index in [-0.39, 0.29) is 24.4 Å². The first-order valence-electron chi connectivity index (χ1n) is 6.82. The number of hydrogen-bond acceptors (Lipinski definition) is 3. The van der Waals surface area contributed by atoms with Gasteiger partial charge in [-0.25, -0.2) is 0 Å². The number of methoxy groups -OCH3 is 1. The van der Waals surface area contributed by atoms with Gasteiger partial charge in [0, 0.05) is 18.2 Å². The molecule has 0 aliphatic heterocycles. The highest BCUT2D eigenvalue weighted by Crippen LogP contribution is 2.17. The summed E-state index contributed by atoms with van der Waals surface area (Å²) in [5, 5.41) is 2.98. The predicted molar refractivity (Wildman–Crippen MR) is 84.5 cm³/mol. The Morgan fingerprint density at radius 3 is 2.70 bits per heavy atom. The number of amides is 1. The average Bonchev–Trinajstić information content (AvgIpc) is 2.44. The number of unbranched alkanes of at least 4 members (excludes halogenated alkanes) is 1. The van der Waals surface area contributed by atoms with Crippen LogP contribution in [-0.4, -0.2) is 25.6 Å². The van der Waals surface area contributed by atoms with Crippen molar-refractivity contribution in [1.82, 2.24) is 5.32 Å². The second-order valence-corrected chi connectivity index (χ2v) is 4.63. The van der Waals surface area contributed by atoms with Gasteiger partial charge in [0.2, 0.25) is 5.91 Å². The van der Waals surface area contributed by atoms with Gasteiger partial charge in [0.25, 0.3) is 0 Å². The third kappa shape index (κ3) is 6.26. The molecule has 1 rings (SSSR count). The van der Waals surface area contributed by atoms with E-state index in [4.69, 9.17) is 10.5 Å². The van der Waals surface area contributed by atoms with Gasteiger partial charge in [-0.15, -0.1) is 12.4 Å². The quantitative estimate of drug-likeness (QED) is 0.774. The molecule has 0 aliphatic rings. The predicted octanol–water partition coefficient (Wildman–Crippen LogP) is 2.29. The van der Waals surface area contributed by atoms with Gasteiger partial charge in [0.1, 0.15) is 5.75 Å². The van der Waals surface area contributed by atoms with Gasteiger partial charge in [0.15, 0.2) is 0 Å². The van der Waals surface area contributed by atoms with Gasteiger partial charge in [-0.2, -0.15) is 0 Å². The maximum Gasteiger partial charge on any atom is 0.224 e. The molecule has 0 heterocycles. The van der Waals surface area contributed by atoms with E-state index < -0.39 is 0 Å². The lowest BCUT2D eigenvalue weighted by atomic mass is 10.1. The van der Waals surface area contributed by atoms with Crippen LogP contribution in [0.2, 0.25) is 0 Å². The van der Waals surface area contributed by atoms with Crippen molar-refractivity contribution in [2.24, 2.45) is 5.73 Å². The summed E-state index contributed by atoms with van der Waals surface area (Å²) >= 11 is 0. The van der Waals surface area contributed by atoms with Crippen LogP contribution >= 0.6 is 12.4 Å². The summed E-state index contributed by atoms with van der Waals surface area (Å²) in [7, 11) is 1.61. The van der Waals surface area contributed by atoms with E-state index in [1.165, 1.54) is 0 Å². The van der Waals surface area contributed by atoms with Crippen LogP contribution in [0.1, 0.15) is 31.7 Å². The number of nitrogens with one attached hydrogen (secondary N) is 1. The van der Waals surface area contributed by atoms with E-state index in [2.05, 4.69) is 12.2 Å². The van der Waals surface area contributed by atoms with Gasteiger partial charge in [-0.1, -0.05) is 38.0 Å². The minimum absolute atomic E-state index is 0. The number of carbonyl (C=O) groups is 1. The number of para-hydroxylation sites is 1. The maximum atomic E-state index is 12.0.